The predicted molar refractivity (Wildman–Crippen MR) is 104 cm³/mol. The lowest BCUT2D eigenvalue weighted by atomic mass is 10.1. The van der Waals surface area contributed by atoms with Crippen LogP contribution < -0.4 is 0 Å². The molecule has 1 aliphatic heterocycles. The van der Waals surface area contributed by atoms with Crippen LogP contribution in [-0.2, 0) is 14.6 Å². The second-order valence-electron chi connectivity index (χ2n) is 6.68. The average molecular weight is 412 g/mol. The third kappa shape index (κ3) is 4.56. The van der Waals surface area contributed by atoms with Crippen LogP contribution in [0.5, 0.6) is 0 Å². The highest BCUT2D eigenvalue weighted by atomic mass is 32.2. The molecule has 1 atom stereocenters. The van der Waals surface area contributed by atoms with Gasteiger partial charge in [0.15, 0.2) is 9.84 Å². The van der Waals surface area contributed by atoms with Gasteiger partial charge in [0.05, 0.1) is 23.0 Å². The highest BCUT2D eigenvalue weighted by Crippen LogP contribution is 2.34. The Morgan fingerprint density at radius 1 is 1.33 bits per heavy atom. The molecule has 2 aromatic rings. The number of benzene rings is 1. The molecule has 1 amide bonds. The Morgan fingerprint density at radius 2 is 2.04 bits per heavy atom. The van der Waals surface area contributed by atoms with Crippen LogP contribution in [0.2, 0.25) is 0 Å². The highest BCUT2D eigenvalue weighted by molar-refractivity contribution is 7.91. The van der Waals surface area contributed by atoms with Gasteiger partial charge in [-0.25, -0.2) is 12.8 Å². The Labute approximate surface area is 162 Å². The maximum absolute atomic E-state index is 13.2. The molecule has 0 aliphatic carbocycles. The van der Waals surface area contributed by atoms with Gasteiger partial charge in [-0.3, -0.25) is 4.79 Å². The molecule has 0 bridgehead atoms. The summed E-state index contributed by atoms with van der Waals surface area (Å²) in [5.74, 6) is -0.385. The lowest BCUT2D eigenvalue weighted by molar-refractivity contribution is 0.0629. The molecular formula is C19H22FNO4S2. The van der Waals surface area contributed by atoms with Crippen LogP contribution in [0.4, 0.5) is 4.39 Å². The summed E-state index contributed by atoms with van der Waals surface area (Å²) in [6, 6.07) is 7.65. The van der Waals surface area contributed by atoms with Crippen molar-refractivity contribution in [1.29, 1.82) is 0 Å². The molecule has 1 aliphatic rings. The van der Waals surface area contributed by atoms with E-state index in [1.165, 1.54) is 23.5 Å². The van der Waals surface area contributed by atoms with Crippen LogP contribution in [0.3, 0.4) is 0 Å². The van der Waals surface area contributed by atoms with E-state index in [0.29, 0.717) is 24.4 Å². The van der Waals surface area contributed by atoms with Crippen molar-refractivity contribution < 1.29 is 22.3 Å². The summed E-state index contributed by atoms with van der Waals surface area (Å²) in [4.78, 5) is 16.2. The van der Waals surface area contributed by atoms with Gasteiger partial charge in [-0.1, -0.05) is 12.1 Å². The number of thiophene rings is 1. The number of hydrogen-bond acceptors (Lipinski definition) is 5. The van der Waals surface area contributed by atoms with Crippen LogP contribution in [0.15, 0.2) is 30.3 Å². The van der Waals surface area contributed by atoms with E-state index >= 15 is 0 Å². The first-order valence-corrected chi connectivity index (χ1v) is 11.3. The van der Waals surface area contributed by atoms with E-state index in [1.54, 1.807) is 24.1 Å². The van der Waals surface area contributed by atoms with E-state index in [4.69, 9.17) is 4.74 Å². The highest BCUT2D eigenvalue weighted by Gasteiger charge is 2.35. The molecule has 0 saturated carbocycles. The number of methoxy groups -OCH3 is 1. The monoisotopic (exact) mass is 411 g/mol. The number of carbonyl (C=O) groups is 1. The summed E-state index contributed by atoms with van der Waals surface area (Å²) in [6.07, 6.45) is 0.451. The second kappa shape index (κ2) is 8.08. The normalized spacial score (nSPS) is 18.6. The van der Waals surface area contributed by atoms with Gasteiger partial charge >= 0.3 is 0 Å². The molecule has 1 aromatic carbocycles. The summed E-state index contributed by atoms with van der Waals surface area (Å²) in [7, 11) is -1.55. The minimum Gasteiger partial charge on any atom is -0.383 e. The van der Waals surface area contributed by atoms with E-state index < -0.39 is 9.84 Å². The summed E-state index contributed by atoms with van der Waals surface area (Å²) in [6.45, 7) is 2.60. The lowest BCUT2D eigenvalue weighted by Crippen LogP contribution is -2.42. The van der Waals surface area contributed by atoms with Crippen molar-refractivity contribution in [2.45, 2.75) is 19.4 Å². The summed E-state index contributed by atoms with van der Waals surface area (Å²) in [5, 5.41) is 0. The summed E-state index contributed by atoms with van der Waals surface area (Å²) < 4.78 is 42.0. The topological polar surface area (TPSA) is 63.7 Å². The number of amides is 1. The number of sulfone groups is 1. The van der Waals surface area contributed by atoms with Gasteiger partial charge in [0.25, 0.3) is 5.91 Å². The van der Waals surface area contributed by atoms with E-state index in [9.17, 15) is 17.6 Å². The van der Waals surface area contributed by atoms with Gasteiger partial charge in [0, 0.05) is 24.6 Å². The maximum atomic E-state index is 13.2. The summed E-state index contributed by atoms with van der Waals surface area (Å²) >= 11 is 1.34. The largest absolute Gasteiger partial charge is 0.383 e. The molecule has 1 unspecified atom stereocenters. The Morgan fingerprint density at radius 3 is 2.63 bits per heavy atom. The van der Waals surface area contributed by atoms with Crippen molar-refractivity contribution in [2.24, 2.45) is 0 Å². The molecule has 8 heteroatoms. The van der Waals surface area contributed by atoms with Crippen LogP contribution in [0.25, 0.3) is 10.4 Å². The number of ether oxygens (including phenoxy) is 1. The molecule has 0 N–H and O–H groups in total. The number of hydrogen-bond donors (Lipinski definition) is 0. The molecule has 1 fully saturated rings. The van der Waals surface area contributed by atoms with Crippen molar-refractivity contribution in [1.82, 2.24) is 4.90 Å². The van der Waals surface area contributed by atoms with Crippen LogP contribution in [0.1, 0.15) is 21.7 Å². The zero-order valence-corrected chi connectivity index (χ0v) is 16.9. The molecule has 146 valence electrons. The number of halogens is 1. The van der Waals surface area contributed by atoms with Crippen molar-refractivity contribution in [2.75, 3.05) is 31.8 Å². The maximum Gasteiger partial charge on any atom is 0.264 e. The van der Waals surface area contributed by atoms with Crippen molar-refractivity contribution in [3.8, 4) is 10.4 Å². The predicted octanol–water partition coefficient (Wildman–Crippen LogP) is 3.14. The summed E-state index contributed by atoms with van der Waals surface area (Å²) in [5.41, 5.74) is 1.78. The van der Waals surface area contributed by atoms with Crippen molar-refractivity contribution in [3.05, 3.63) is 46.6 Å². The van der Waals surface area contributed by atoms with E-state index in [2.05, 4.69) is 0 Å². The fourth-order valence-corrected chi connectivity index (χ4v) is 6.14. The first-order chi connectivity index (χ1) is 12.8. The minimum absolute atomic E-state index is 0.00235. The zero-order chi connectivity index (χ0) is 19.6. The molecule has 27 heavy (non-hydrogen) atoms. The fraction of sp³-hybridized carbons (Fsp3) is 0.421. The molecule has 1 aromatic heterocycles. The Balaban J connectivity index is 1.87. The van der Waals surface area contributed by atoms with Crippen LogP contribution >= 0.6 is 11.3 Å². The Hall–Kier alpha value is -1.77. The third-order valence-electron chi connectivity index (χ3n) is 4.68. The smallest absolute Gasteiger partial charge is 0.264 e. The van der Waals surface area contributed by atoms with Crippen LogP contribution in [0, 0.1) is 12.7 Å². The van der Waals surface area contributed by atoms with E-state index in [-0.39, 0.29) is 29.3 Å². The molecule has 0 radical (unpaired) electrons. The Bertz CT molecular complexity index is 922. The number of rotatable bonds is 6. The quantitative estimate of drug-likeness (QED) is 0.733. The molecule has 1 saturated heterocycles. The number of aryl methyl sites for hydroxylation is 1. The molecule has 0 spiro atoms. The van der Waals surface area contributed by atoms with Gasteiger partial charge in [-0.2, -0.15) is 0 Å². The minimum atomic E-state index is -3.10. The van der Waals surface area contributed by atoms with Crippen molar-refractivity contribution >= 4 is 27.1 Å². The van der Waals surface area contributed by atoms with E-state index in [1.807, 2.05) is 13.0 Å². The zero-order valence-electron chi connectivity index (χ0n) is 15.3. The molecule has 2 heterocycles. The first-order valence-electron chi connectivity index (χ1n) is 8.67. The van der Waals surface area contributed by atoms with Gasteiger partial charge in [0.1, 0.15) is 5.82 Å². The van der Waals surface area contributed by atoms with E-state index in [0.717, 1.165) is 16.0 Å². The standard InChI is InChI=1S/C19H22FNO4S2/c1-13-11-17(26-18(13)14-3-5-15(20)6-4-14)19(22)21(8-9-25-2)16-7-10-27(23,24)12-16/h3-6,11,16H,7-10,12H2,1-2H3. The number of carbonyl (C=O) groups excluding carboxylic acids is 1. The third-order valence-corrected chi connectivity index (χ3v) is 7.71. The first kappa shape index (κ1) is 20.0. The Kier molecular flexibility index (Phi) is 5.98. The molecule has 3 rings (SSSR count). The molecule has 5 nitrogen and oxygen atoms in total. The number of nitrogens with zero attached hydrogens (tertiary/aromatic N) is 1. The molecular weight excluding hydrogens is 389 g/mol. The van der Waals surface area contributed by atoms with Gasteiger partial charge in [-0.05, 0) is 42.7 Å². The SMILES string of the molecule is COCCN(C(=O)c1cc(C)c(-c2ccc(F)cc2)s1)C1CCS(=O)(=O)C1. The van der Waals surface area contributed by atoms with Crippen molar-refractivity contribution in [3.63, 3.8) is 0 Å². The fourth-order valence-electron chi connectivity index (χ4n) is 3.28. The van der Waals surface area contributed by atoms with Crippen LogP contribution in [-0.4, -0.2) is 57.0 Å². The second-order valence-corrected chi connectivity index (χ2v) is 9.96. The van der Waals surface area contributed by atoms with Gasteiger partial charge < -0.3 is 9.64 Å². The lowest BCUT2D eigenvalue weighted by Gasteiger charge is -2.27. The van der Waals surface area contributed by atoms with Gasteiger partial charge in [0.2, 0.25) is 0 Å². The van der Waals surface area contributed by atoms with Gasteiger partial charge in [-0.15, -0.1) is 11.3 Å². The average Bonchev–Trinajstić information content (AvgIpc) is 3.18.